The Balaban J connectivity index is 1.25. The van der Waals surface area contributed by atoms with Crippen molar-refractivity contribution in [3.63, 3.8) is 0 Å². The Morgan fingerprint density at radius 1 is 0.848 bits per heavy atom. The van der Waals surface area contributed by atoms with Crippen LogP contribution < -0.4 is 14.8 Å². The van der Waals surface area contributed by atoms with Crippen LogP contribution in [0.25, 0.3) is 0 Å². The van der Waals surface area contributed by atoms with Crippen LogP contribution in [-0.4, -0.2) is 49.2 Å². The first-order valence-corrected chi connectivity index (χ1v) is 10.7. The second kappa shape index (κ2) is 8.52. The van der Waals surface area contributed by atoms with Crippen LogP contribution in [0.5, 0.6) is 11.5 Å². The van der Waals surface area contributed by atoms with Gasteiger partial charge in [0.25, 0.3) is 0 Å². The summed E-state index contributed by atoms with van der Waals surface area (Å²) in [7, 11) is 1.85. The molecule has 0 aromatic heterocycles. The molecule has 2 aliphatic rings. The smallest absolute Gasteiger partial charge is 0.238 e. The van der Waals surface area contributed by atoms with Crippen LogP contribution in [0.4, 0.5) is 5.69 Å². The first-order chi connectivity index (χ1) is 16.0. The van der Waals surface area contributed by atoms with E-state index in [9.17, 15) is 14.4 Å². The van der Waals surface area contributed by atoms with Crippen molar-refractivity contribution >= 4 is 23.2 Å². The van der Waals surface area contributed by atoms with Crippen molar-refractivity contribution in [2.75, 3.05) is 32.1 Å². The second-order valence-corrected chi connectivity index (χ2v) is 8.16. The molecule has 1 aliphatic heterocycles. The average Bonchev–Trinajstić information content (AvgIpc) is 2.82. The van der Waals surface area contributed by atoms with E-state index in [1.54, 1.807) is 42.5 Å². The molecule has 0 saturated carbocycles. The van der Waals surface area contributed by atoms with E-state index in [0.29, 0.717) is 53.4 Å². The van der Waals surface area contributed by atoms with Gasteiger partial charge in [0.1, 0.15) is 13.2 Å². The van der Waals surface area contributed by atoms with Crippen molar-refractivity contribution in [1.29, 1.82) is 0 Å². The number of fused-ring (bicyclic) bond motifs is 3. The molecule has 3 aromatic carbocycles. The summed E-state index contributed by atoms with van der Waals surface area (Å²) in [4.78, 5) is 40.1. The molecular formula is C26H22N2O5. The number of likely N-dealkylation sites (N-methyl/N-ethyl adjacent to an activating group) is 1. The molecule has 7 nitrogen and oxygen atoms in total. The highest BCUT2D eigenvalue weighted by atomic mass is 16.6. The molecule has 166 valence electrons. The van der Waals surface area contributed by atoms with E-state index in [4.69, 9.17) is 9.47 Å². The van der Waals surface area contributed by atoms with E-state index in [0.717, 1.165) is 11.3 Å². The predicted molar refractivity (Wildman–Crippen MR) is 122 cm³/mol. The normalized spacial score (nSPS) is 14.0. The van der Waals surface area contributed by atoms with Gasteiger partial charge in [-0.2, -0.15) is 0 Å². The van der Waals surface area contributed by atoms with Crippen LogP contribution in [0.1, 0.15) is 37.4 Å². The number of carbonyl (C=O) groups is 3. The number of hydrogen-bond acceptors (Lipinski definition) is 6. The van der Waals surface area contributed by atoms with Crippen molar-refractivity contribution < 1.29 is 23.9 Å². The van der Waals surface area contributed by atoms with Crippen LogP contribution in [0.3, 0.4) is 0 Å². The molecule has 0 fully saturated rings. The Morgan fingerprint density at radius 3 is 2.27 bits per heavy atom. The lowest BCUT2D eigenvalue weighted by molar-refractivity contribution is -0.117. The van der Waals surface area contributed by atoms with Crippen molar-refractivity contribution in [2.24, 2.45) is 0 Å². The maximum atomic E-state index is 12.9. The van der Waals surface area contributed by atoms with Crippen LogP contribution in [0.15, 0.2) is 60.7 Å². The number of benzene rings is 3. The number of hydrogen-bond donors (Lipinski definition) is 1. The van der Waals surface area contributed by atoms with E-state index in [1.807, 2.05) is 30.1 Å². The summed E-state index contributed by atoms with van der Waals surface area (Å²) in [5, 5.41) is 2.83. The number of ketones is 2. The fraction of sp³-hybridized carbons (Fsp3) is 0.192. The molecule has 0 atom stereocenters. The molecule has 3 aromatic rings. The van der Waals surface area contributed by atoms with Gasteiger partial charge in [-0.25, -0.2) is 0 Å². The van der Waals surface area contributed by atoms with Gasteiger partial charge < -0.3 is 14.8 Å². The van der Waals surface area contributed by atoms with Crippen LogP contribution in [-0.2, 0) is 11.3 Å². The zero-order chi connectivity index (χ0) is 22.9. The highest BCUT2D eigenvalue weighted by molar-refractivity contribution is 6.28. The summed E-state index contributed by atoms with van der Waals surface area (Å²) < 4.78 is 11.2. The second-order valence-electron chi connectivity index (χ2n) is 8.16. The molecular weight excluding hydrogens is 420 g/mol. The fourth-order valence-electron chi connectivity index (χ4n) is 4.18. The van der Waals surface area contributed by atoms with E-state index in [-0.39, 0.29) is 24.0 Å². The molecule has 1 aliphatic carbocycles. The minimum atomic E-state index is -0.218. The van der Waals surface area contributed by atoms with Crippen molar-refractivity contribution in [1.82, 2.24) is 4.90 Å². The number of nitrogens with one attached hydrogen (secondary N) is 1. The van der Waals surface area contributed by atoms with Gasteiger partial charge in [0.05, 0.1) is 6.54 Å². The van der Waals surface area contributed by atoms with Crippen molar-refractivity contribution in [2.45, 2.75) is 6.54 Å². The van der Waals surface area contributed by atoms with Gasteiger partial charge in [0, 0.05) is 34.5 Å². The summed E-state index contributed by atoms with van der Waals surface area (Å²) in [6.45, 7) is 1.77. The number of ether oxygens (including phenoxy) is 2. The largest absolute Gasteiger partial charge is 0.486 e. The number of anilines is 1. The van der Waals surface area contributed by atoms with Gasteiger partial charge in [0.15, 0.2) is 23.1 Å². The molecule has 0 radical (unpaired) electrons. The van der Waals surface area contributed by atoms with Gasteiger partial charge in [-0.3, -0.25) is 19.3 Å². The summed E-state index contributed by atoms with van der Waals surface area (Å²) in [5.74, 6) is 0.828. The number of nitrogens with zero attached hydrogens (tertiary/aromatic N) is 1. The van der Waals surface area contributed by atoms with E-state index >= 15 is 0 Å². The topological polar surface area (TPSA) is 84.9 Å². The summed E-state index contributed by atoms with van der Waals surface area (Å²) in [6.07, 6.45) is 0. The lowest BCUT2D eigenvalue weighted by atomic mass is 9.84. The van der Waals surface area contributed by atoms with E-state index < -0.39 is 0 Å². The highest BCUT2D eigenvalue weighted by Gasteiger charge is 2.29. The Kier molecular flexibility index (Phi) is 5.40. The Morgan fingerprint density at radius 2 is 1.52 bits per heavy atom. The number of carbonyl (C=O) groups excluding carboxylic acids is 3. The zero-order valence-corrected chi connectivity index (χ0v) is 18.1. The first-order valence-electron chi connectivity index (χ1n) is 10.7. The quantitative estimate of drug-likeness (QED) is 0.511. The maximum absolute atomic E-state index is 12.9. The minimum absolute atomic E-state index is 0.154. The SMILES string of the molecule is CN(CC(=O)Nc1ccc2c(c1)C(=O)c1ccccc1C2=O)Cc1ccc2c(c1)OCCO2. The summed E-state index contributed by atoms with van der Waals surface area (Å²) in [6, 6.07) is 17.4. The maximum Gasteiger partial charge on any atom is 0.238 e. The molecule has 0 saturated heterocycles. The average molecular weight is 442 g/mol. The lowest BCUT2D eigenvalue weighted by Gasteiger charge is -2.21. The van der Waals surface area contributed by atoms with Gasteiger partial charge >= 0.3 is 0 Å². The zero-order valence-electron chi connectivity index (χ0n) is 18.1. The van der Waals surface area contributed by atoms with E-state index in [1.165, 1.54) is 0 Å². The molecule has 1 amide bonds. The Bertz CT molecular complexity index is 1280. The predicted octanol–water partition coefficient (Wildman–Crippen LogP) is 3.30. The number of amides is 1. The molecule has 0 unspecified atom stereocenters. The third-order valence-corrected chi connectivity index (χ3v) is 5.68. The van der Waals surface area contributed by atoms with Crippen molar-refractivity contribution in [3.05, 3.63) is 88.5 Å². The highest BCUT2D eigenvalue weighted by Crippen LogP contribution is 2.31. The third-order valence-electron chi connectivity index (χ3n) is 5.68. The van der Waals surface area contributed by atoms with Gasteiger partial charge in [-0.1, -0.05) is 30.3 Å². The van der Waals surface area contributed by atoms with Gasteiger partial charge in [-0.05, 0) is 42.9 Å². The lowest BCUT2D eigenvalue weighted by Crippen LogP contribution is -2.30. The minimum Gasteiger partial charge on any atom is -0.486 e. The Hall–Kier alpha value is -3.97. The molecule has 1 N–H and O–H groups in total. The van der Waals surface area contributed by atoms with Crippen molar-refractivity contribution in [3.8, 4) is 11.5 Å². The molecule has 0 bridgehead atoms. The van der Waals surface area contributed by atoms with Crippen LogP contribution in [0.2, 0.25) is 0 Å². The molecule has 33 heavy (non-hydrogen) atoms. The first kappa shape index (κ1) is 20.9. The Labute approximate surface area is 190 Å². The van der Waals surface area contributed by atoms with Gasteiger partial charge in [0.2, 0.25) is 5.91 Å². The summed E-state index contributed by atoms with van der Waals surface area (Å²) >= 11 is 0. The van der Waals surface area contributed by atoms with Gasteiger partial charge in [-0.15, -0.1) is 0 Å². The molecule has 0 spiro atoms. The number of rotatable bonds is 5. The molecule has 1 heterocycles. The summed E-state index contributed by atoms with van der Waals surface area (Å²) in [5.41, 5.74) is 2.94. The van der Waals surface area contributed by atoms with E-state index in [2.05, 4.69) is 5.32 Å². The van der Waals surface area contributed by atoms with Crippen LogP contribution in [0, 0.1) is 0 Å². The van der Waals surface area contributed by atoms with Crippen LogP contribution >= 0.6 is 0 Å². The standard InChI is InChI=1S/C26H22N2O5/c1-28(14-16-6-9-22-23(12-16)33-11-10-32-22)15-24(29)27-17-7-8-20-21(13-17)26(31)19-5-3-2-4-18(19)25(20)30/h2-9,12-13H,10-11,14-15H2,1H3,(H,27,29). The monoisotopic (exact) mass is 442 g/mol. The molecule has 7 heteroatoms. The third kappa shape index (κ3) is 4.10. The molecule has 5 rings (SSSR count). The fourth-order valence-corrected chi connectivity index (χ4v) is 4.18.